The van der Waals surface area contributed by atoms with E-state index >= 15 is 0 Å². The van der Waals surface area contributed by atoms with Gasteiger partial charge < -0.3 is 9.90 Å². The molecule has 0 spiro atoms. The monoisotopic (exact) mass is 186 g/mol. The van der Waals surface area contributed by atoms with Crippen molar-refractivity contribution < 1.29 is 14.7 Å². The molecule has 13 heavy (non-hydrogen) atoms. The van der Waals surface area contributed by atoms with Gasteiger partial charge in [-0.15, -0.1) is 0 Å². The fourth-order valence-electron chi connectivity index (χ4n) is 1.53. The van der Waals surface area contributed by atoms with E-state index in [0.29, 0.717) is 6.42 Å². The normalized spacial score (nSPS) is 14.9. The molecule has 1 atom stereocenters. The van der Waals surface area contributed by atoms with Gasteiger partial charge in [-0.3, -0.25) is 4.79 Å². The zero-order chi connectivity index (χ0) is 10.3. The number of carbonyl (C=O) groups is 2. The molecule has 0 aromatic rings. The van der Waals surface area contributed by atoms with Crippen LogP contribution < -0.4 is 0 Å². The minimum Gasteiger partial charge on any atom is -0.481 e. The Labute approximate surface area is 79.1 Å². The summed E-state index contributed by atoms with van der Waals surface area (Å²) in [6, 6.07) is 0. The Morgan fingerprint density at radius 3 is 2.31 bits per heavy atom. The second-order valence-electron chi connectivity index (χ2n) is 3.48. The van der Waals surface area contributed by atoms with Gasteiger partial charge in [0.2, 0.25) is 0 Å². The number of carbonyl (C=O) groups excluding carboxylic acids is 1. The van der Waals surface area contributed by atoms with Crippen molar-refractivity contribution in [2.45, 2.75) is 46.0 Å². The molecule has 0 fully saturated rings. The fraction of sp³-hybridized carbons (Fsp3) is 0.800. The van der Waals surface area contributed by atoms with Crippen LogP contribution in [0.1, 0.15) is 46.0 Å². The van der Waals surface area contributed by atoms with Gasteiger partial charge in [0.1, 0.15) is 6.29 Å². The third-order valence-electron chi connectivity index (χ3n) is 2.54. The maximum Gasteiger partial charge on any atom is 0.303 e. The molecule has 0 bridgehead atoms. The first-order chi connectivity index (χ1) is 6.10. The van der Waals surface area contributed by atoms with Crippen LogP contribution in [0.4, 0.5) is 0 Å². The number of carboxylic acid groups (broad SMARTS) is 1. The Balaban J connectivity index is 4.20. The third-order valence-corrected chi connectivity index (χ3v) is 2.54. The molecule has 0 saturated heterocycles. The topological polar surface area (TPSA) is 54.4 Å². The molecule has 76 valence electrons. The molecule has 1 N–H and O–H groups in total. The molecule has 0 aliphatic carbocycles. The smallest absolute Gasteiger partial charge is 0.303 e. The SMILES string of the molecule is CCCC(C=O)(CC)CCC(=O)O. The van der Waals surface area contributed by atoms with Gasteiger partial charge in [-0.1, -0.05) is 20.3 Å². The summed E-state index contributed by atoms with van der Waals surface area (Å²) >= 11 is 0. The van der Waals surface area contributed by atoms with Gasteiger partial charge in [-0.25, -0.2) is 0 Å². The largest absolute Gasteiger partial charge is 0.481 e. The van der Waals surface area contributed by atoms with Gasteiger partial charge in [-0.05, 0) is 19.3 Å². The number of carboxylic acids is 1. The average Bonchev–Trinajstić information content (AvgIpc) is 2.12. The molecule has 0 aliphatic heterocycles. The summed E-state index contributed by atoms with van der Waals surface area (Å²) < 4.78 is 0. The van der Waals surface area contributed by atoms with E-state index in [4.69, 9.17) is 5.11 Å². The second-order valence-corrected chi connectivity index (χ2v) is 3.48. The third kappa shape index (κ3) is 4.06. The Hall–Kier alpha value is -0.860. The van der Waals surface area contributed by atoms with Crippen LogP contribution in [0.3, 0.4) is 0 Å². The molecule has 0 aromatic heterocycles. The molecular formula is C10H18O3. The van der Waals surface area contributed by atoms with Crippen LogP contribution in [0.15, 0.2) is 0 Å². The summed E-state index contributed by atoms with van der Waals surface area (Å²) in [7, 11) is 0. The maximum absolute atomic E-state index is 10.9. The predicted octanol–water partition coefficient (Wildman–Crippen LogP) is 2.25. The van der Waals surface area contributed by atoms with Crippen molar-refractivity contribution in [2.24, 2.45) is 5.41 Å². The number of aldehydes is 1. The Morgan fingerprint density at radius 1 is 1.38 bits per heavy atom. The first-order valence-corrected chi connectivity index (χ1v) is 4.78. The first-order valence-electron chi connectivity index (χ1n) is 4.78. The van der Waals surface area contributed by atoms with Crippen LogP contribution in [-0.2, 0) is 9.59 Å². The molecule has 0 radical (unpaired) electrons. The van der Waals surface area contributed by atoms with Crippen molar-refractivity contribution in [3.63, 3.8) is 0 Å². The van der Waals surface area contributed by atoms with Crippen molar-refractivity contribution in [3.8, 4) is 0 Å². The number of rotatable bonds is 7. The molecule has 3 heteroatoms. The summed E-state index contributed by atoms with van der Waals surface area (Å²) in [5.41, 5.74) is -0.396. The molecule has 0 rings (SSSR count). The zero-order valence-corrected chi connectivity index (χ0v) is 8.38. The van der Waals surface area contributed by atoms with Gasteiger partial charge in [0.05, 0.1) is 0 Å². The molecule has 3 nitrogen and oxygen atoms in total. The maximum atomic E-state index is 10.9. The van der Waals surface area contributed by atoms with Crippen LogP contribution in [0.5, 0.6) is 0 Å². The van der Waals surface area contributed by atoms with E-state index in [1.807, 2.05) is 13.8 Å². The summed E-state index contributed by atoms with van der Waals surface area (Å²) in [4.78, 5) is 21.2. The zero-order valence-electron chi connectivity index (χ0n) is 8.38. The van der Waals surface area contributed by atoms with Gasteiger partial charge in [0.25, 0.3) is 0 Å². The summed E-state index contributed by atoms with van der Waals surface area (Å²) in [5, 5.41) is 8.52. The van der Waals surface area contributed by atoms with E-state index in [9.17, 15) is 9.59 Å². The van der Waals surface area contributed by atoms with Crippen molar-refractivity contribution in [2.75, 3.05) is 0 Å². The number of hydrogen-bond donors (Lipinski definition) is 1. The lowest BCUT2D eigenvalue weighted by atomic mass is 9.78. The summed E-state index contributed by atoms with van der Waals surface area (Å²) in [6.45, 7) is 3.95. The van der Waals surface area contributed by atoms with Crippen molar-refractivity contribution in [3.05, 3.63) is 0 Å². The molecule has 0 aliphatic rings. The van der Waals surface area contributed by atoms with E-state index in [1.54, 1.807) is 0 Å². The van der Waals surface area contributed by atoms with Gasteiger partial charge in [0, 0.05) is 11.8 Å². The highest BCUT2D eigenvalue weighted by Gasteiger charge is 2.26. The Kier molecular flexibility index (Phi) is 5.35. The molecule has 0 saturated carbocycles. The molecule has 0 amide bonds. The molecule has 0 aromatic carbocycles. The second kappa shape index (κ2) is 5.73. The predicted molar refractivity (Wildman–Crippen MR) is 50.6 cm³/mol. The molecule has 0 heterocycles. The van der Waals surface area contributed by atoms with Crippen molar-refractivity contribution in [1.82, 2.24) is 0 Å². The van der Waals surface area contributed by atoms with Gasteiger partial charge in [-0.2, -0.15) is 0 Å². The van der Waals surface area contributed by atoms with Crippen LogP contribution in [-0.4, -0.2) is 17.4 Å². The lowest BCUT2D eigenvalue weighted by molar-refractivity contribution is -0.138. The van der Waals surface area contributed by atoms with E-state index in [0.717, 1.165) is 25.5 Å². The van der Waals surface area contributed by atoms with Gasteiger partial charge >= 0.3 is 5.97 Å². The van der Waals surface area contributed by atoms with E-state index < -0.39 is 11.4 Å². The van der Waals surface area contributed by atoms with Crippen LogP contribution >= 0.6 is 0 Å². The van der Waals surface area contributed by atoms with Crippen LogP contribution in [0, 0.1) is 5.41 Å². The molecular weight excluding hydrogens is 168 g/mol. The van der Waals surface area contributed by atoms with E-state index in [-0.39, 0.29) is 6.42 Å². The minimum atomic E-state index is -0.823. The van der Waals surface area contributed by atoms with Gasteiger partial charge in [0.15, 0.2) is 0 Å². The minimum absolute atomic E-state index is 0.0899. The van der Waals surface area contributed by atoms with Crippen molar-refractivity contribution in [1.29, 1.82) is 0 Å². The van der Waals surface area contributed by atoms with Crippen molar-refractivity contribution >= 4 is 12.3 Å². The Morgan fingerprint density at radius 2 is 2.00 bits per heavy atom. The quantitative estimate of drug-likeness (QED) is 0.620. The van der Waals surface area contributed by atoms with E-state index in [2.05, 4.69) is 0 Å². The lowest BCUT2D eigenvalue weighted by Gasteiger charge is -2.25. The van der Waals surface area contributed by atoms with E-state index in [1.165, 1.54) is 0 Å². The molecule has 1 unspecified atom stereocenters. The van der Waals surface area contributed by atoms with Crippen LogP contribution in [0.25, 0.3) is 0 Å². The highest BCUT2D eigenvalue weighted by Crippen LogP contribution is 2.30. The first kappa shape index (κ1) is 12.1. The summed E-state index contributed by atoms with van der Waals surface area (Å²) in [5.74, 6) is -0.823. The highest BCUT2D eigenvalue weighted by atomic mass is 16.4. The number of aliphatic carboxylic acids is 1. The fourth-order valence-corrected chi connectivity index (χ4v) is 1.53. The number of hydrogen-bond acceptors (Lipinski definition) is 2. The summed E-state index contributed by atoms with van der Waals surface area (Å²) in [6.07, 6.45) is 3.94. The highest BCUT2D eigenvalue weighted by molar-refractivity contribution is 5.68. The van der Waals surface area contributed by atoms with Crippen LogP contribution in [0.2, 0.25) is 0 Å². The lowest BCUT2D eigenvalue weighted by Crippen LogP contribution is -2.22. The standard InChI is InChI=1S/C10H18O3/c1-3-6-10(4-2,8-11)7-5-9(12)13/h8H,3-7H2,1-2H3,(H,12,13). The Bertz CT molecular complexity index is 177. The average molecular weight is 186 g/mol.